The highest BCUT2D eigenvalue weighted by Crippen LogP contribution is 2.41. The van der Waals surface area contributed by atoms with Crippen LogP contribution in [-0.2, 0) is 11.5 Å². The molecule has 2 fully saturated rings. The summed E-state index contributed by atoms with van der Waals surface area (Å²) in [6.45, 7) is 0. The van der Waals surface area contributed by atoms with E-state index < -0.39 is 12.1 Å². The molecule has 0 unspecified atom stereocenters. The molecule has 10 rings (SSSR count). The van der Waals surface area contributed by atoms with E-state index in [1.807, 2.05) is 67.5 Å². The fourth-order valence-electron chi connectivity index (χ4n) is 8.65. The summed E-state index contributed by atoms with van der Waals surface area (Å²) in [4.78, 5) is 81.2. The van der Waals surface area contributed by atoms with Crippen LogP contribution in [0.25, 0.3) is 0 Å². The van der Waals surface area contributed by atoms with Crippen molar-refractivity contribution in [1.82, 2.24) is 29.9 Å². The Hall–Kier alpha value is -6.56. The van der Waals surface area contributed by atoms with E-state index in [0.717, 1.165) is 97.0 Å². The van der Waals surface area contributed by atoms with Gasteiger partial charge in [-0.3, -0.25) is 20.2 Å². The van der Waals surface area contributed by atoms with Crippen LogP contribution in [0.4, 0.5) is 36.9 Å². The Balaban J connectivity index is 0.000000188. The Labute approximate surface area is 472 Å². The molecule has 4 aromatic heterocycles. The highest BCUT2D eigenvalue weighted by Gasteiger charge is 2.29. The molecule has 0 radical (unpaired) electrons. The molecule has 4 aromatic carbocycles. The Morgan fingerprint density at radius 2 is 1.06 bits per heavy atom. The first kappa shape index (κ1) is 55.2. The molecule has 77 heavy (non-hydrogen) atoms. The number of methoxy groups -OCH3 is 1. The molecule has 16 nitrogen and oxygen atoms in total. The Kier molecular flexibility index (Phi) is 19.5. The molecule has 4 heterocycles. The molecule has 8 aromatic rings. The van der Waals surface area contributed by atoms with Gasteiger partial charge < -0.3 is 30.2 Å². The summed E-state index contributed by atoms with van der Waals surface area (Å²) >= 11 is 9.12. The zero-order chi connectivity index (χ0) is 53.5. The van der Waals surface area contributed by atoms with Gasteiger partial charge in [0.2, 0.25) is 0 Å². The Morgan fingerprint density at radius 3 is 1.49 bits per heavy atom. The minimum atomic E-state index is -0.457. The van der Waals surface area contributed by atoms with Crippen LogP contribution in [0, 0.1) is 11.8 Å². The van der Waals surface area contributed by atoms with Crippen molar-refractivity contribution >= 4 is 121 Å². The average molecular weight is 1140 g/mol. The zero-order valence-corrected chi connectivity index (χ0v) is 47.4. The average Bonchev–Trinajstić information content (AvgIpc) is 4.32. The van der Waals surface area contributed by atoms with Crippen molar-refractivity contribution in [3.8, 4) is 5.75 Å². The lowest BCUT2D eigenvalue weighted by Gasteiger charge is -2.18. The molecule has 4 amide bonds. The first-order valence-electron chi connectivity index (χ1n) is 25.0. The molecule has 0 bridgehead atoms. The van der Waals surface area contributed by atoms with E-state index in [1.165, 1.54) is 46.2 Å². The molecule has 6 N–H and O–H groups in total. The molecule has 0 saturated heterocycles. The van der Waals surface area contributed by atoms with Gasteiger partial charge in [-0.25, -0.2) is 29.5 Å². The monoisotopic (exact) mass is 1140 g/mol. The van der Waals surface area contributed by atoms with Crippen molar-refractivity contribution in [3.63, 3.8) is 0 Å². The molecule has 2 aliphatic carbocycles. The number of rotatable bonds is 20. The summed E-state index contributed by atoms with van der Waals surface area (Å²) in [5.74, 6) is 2.01. The van der Waals surface area contributed by atoms with E-state index in [1.54, 1.807) is 79.7 Å². The number of imidazole rings is 2. The maximum absolute atomic E-state index is 13.4. The van der Waals surface area contributed by atoms with Gasteiger partial charge in [0.15, 0.2) is 32.1 Å². The fourth-order valence-corrected chi connectivity index (χ4v) is 14.7. The van der Waals surface area contributed by atoms with Crippen LogP contribution < -0.4 is 30.9 Å². The second kappa shape index (κ2) is 27.2. The number of anilines is 5. The normalized spacial score (nSPS) is 13.4. The number of hydrogen-bond acceptors (Lipinski definition) is 16. The summed E-state index contributed by atoms with van der Waals surface area (Å²) < 4.78 is 7.24. The van der Waals surface area contributed by atoms with Gasteiger partial charge in [0.1, 0.15) is 5.75 Å². The number of nitrogens with one attached hydrogen (secondary N) is 6. The lowest BCUT2D eigenvalue weighted by Crippen LogP contribution is -2.22. The molecule has 0 aliphatic heterocycles. The third-order valence-corrected chi connectivity index (χ3v) is 18.9. The third kappa shape index (κ3) is 15.3. The lowest BCUT2D eigenvalue weighted by molar-refractivity contribution is 0.0916. The van der Waals surface area contributed by atoms with Crippen molar-refractivity contribution < 1.29 is 23.9 Å². The second-order valence-electron chi connectivity index (χ2n) is 18.1. The molecule has 0 atom stereocenters. The number of H-pyrrole nitrogens is 2. The van der Waals surface area contributed by atoms with Crippen LogP contribution in [0.5, 0.6) is 5.75 Å². The molecule has 398 valence electrons. The second-order valence-corrected chi connectivity index (χ2v) is 24.7. The minimum absolute atomic E-state index is 0.0100. The van der Waals surface area contributed by atoms with Gasteiger partial charge in [0.25, 0.3) is 0 Å². The number of carbonyl (C=O) groups is 4. The van der Waals surface area contributed by atoms with E-state index in [0.29, 0.717) is 50.0 Å². The van der Waals surface area contributed by atoms with Gasteiger partial charge in [-0.15, -0.1) is 23.5 Å². The van der Waals surface area contributed by atoms with E-state index in [-0.39, 0.29) is 23.4 Å². The summed E-state index contributed by atoms with van der Waals surface area (Å²) in [6.07, 6.45) is 14.8. The SMILES string of the molecule is CN(C)c1ccc(NC(=O)Nc2nc(CSc3ccccc3)c(Sc3ncc[nH]3)s2)c(C(=O)C2CCCC2)c1.COc1ccc(NC(=O)Nc2nc(CSc3ccccc3)c(Sc3ncc[nH]3)s2)c(C(=O)C2CCCC2)c1. The van der Waals surface area contributed by atoms with Gasteiger partial charge in [-0.05, 0) is 110 Å². The molecular formula is C55H57N11O5S6. The number of thiazole rings is 2. The number of aromatic nitrogens is 6. The van der Waals surface area contributed by atoms with Gasteiger partial charge >= 0.3 is 12.1 Å². The van der Waals surface area contributed by atoms with Crippen molar-refractivity contribution in [1.29, 1.82) is 0 Å². The summed E-state index contributed by atoms with van der Waals surface area (Å²) in [5, 5.41) is 14.0. The number of hydrogen-bond donors (Lipinski definition) is 6. The Bertz CT molecular complexity index is 3230. The number of benzene rings is 4. The van der Waals surface area contributed by atoms with Crippen LogP contribution in [0.3, 0.4) is 0 Å². The zero-order valence-electron chi connectivity index (χ0n) is 42.5. The number of ketones is 2. The molecule has 22 heteroatoms. The predicted molar refractivity (Wildman–Crippen MR) is 313 cm³/mol. The van der Waals surface area contributed by atoms with Gasteiger partial charge in [-0.1, -0.05) is 84.8 Å². The van der Waals surface area contributed by atoms with Gasteiger partial charge in [0, 0.05) is 88.8 Å². The highest BCUT2D eigenvalue weighted by molar-refractivity contribution is 8.01. The highest BCUT2D eigenvalue weighted by atomic mass is 32.2. The molecule has 2 aliphatic rings. The van der Waals surface area contributed by atoms with Gasteiger partial charge in [-0.2, -0.15) is 0 Å². The smallest absolute Gasteiger partial charge is 0.325 e. The van der Waals surface area contributed by atoms with Crippen molar-refractivity contribution in [2.24, 2.45) is 11.8 Å². The van der Waals surface area contributed by atoms with E-state index in [2.05, 4.69) is 65.5 Å². The van der Waals surface area contributed by atoms with Crippen LogP contribution in [0.2, 0.25) is 0 Å². The van der Waals surface area contributed by atoms with Crippen LogP contribution in [0.1, 0.15) is 83.5 Å². The van der Waals surface area contributed by atoms with Crippen molar-refractivity contribution in [2.45, 2.75) is 91.4 Å². The number of thioether (sulfide) groups is 2. The molecular weight excluding hydrogens is 1090 g/mol. The third-order valence-electron chi connectivity index (χ3n) is 12.6. The quantitative estimate of drug-likeness (QED) is 0.0310. The number of Topliss-reactive ketones (excluding diaryl/α,β-unsaturated/α-hetero) is 2. The van der Waals surface area contributed by atoms with Crippen LogP contribution in [-0.4, -0.2) is 74.7 Å². The van der Waals surface area contributed by atoms with Crippen molar-refractivity contribution in [2.75, 3.05) is 47.4 Å². The first-order chi connectivity index (χ1) is 37.5. The standard InChI is InChI=1S/C28H30N6O2S3.C27H27N5O3S3/c1-34(2)19-12-13-22(21(16-19)24(35)18-8-6-7-9-18)31-26(36)33-28-32-23(17-37-20-10-4-3-5-11-20)25(39-28)38-27-29-14-15-30-27;1-35-18-11-12-21(20(15-18)23(33)17-7-5-6-8-17)30-25(34)32-27-31-22(16-36-19-9-3-2-4-10-19)24(38-27)37-26-28-13-14-29-26/h3-5,10-16,18H,6-9,17H2,1-2H3,(H,29,30)(H2,31,32,33,36);2-4,9-15,17H,5-8,16H2,1H3,(H,28,29)(H2,30,31,32,34). The number of urea groups is 2. The number of aromatic amines is 2. The van der Waals surface area contributed by atoms with E-state index in [9.17, 15) is 19.2 Å². The largest absolute Gasteiger partial charge is 0.497 e. The number of nitrogens with zero attached hydrogens (tertiary/aromatic N) is 5. The lowest BCUT2D eigenvalue weighted by atomic mass is 9.94. The number of carbonyl (C=O) groups excluding carboxylic acids is 4. The predicted octanol–water partition coefficient (Wildman–Crippen LogP) is 14.7. The van der Waals surface area contributed by atoms with Crippen molar-refractivity contribution in [3.05, 3.63) is 144 Å². The van der Waals surface area contributed by atoms with Crippen LogP contribution >= 0.6 is 69.7 Å². The molecule has 2 saturated carbocycles. The maximum Gasteiger partial charge on any atom is 0.325 e. The summed E-state index contributed by atoms with van der Waals surface area (Å²) in [6, 6.07) is 30.1. The summed E-state index contributed by atoms with van der Waals surface area (Å²) in [7, 11) is 5.44. The molecule has 0 spiro atoms. The summed E-state index contributed by atoms with van der Waals surface area (Å²) in [5.41, 5.74) is 4.65. The first-order valence-corrected chi connectivity index (χ1v) is 30.2. The maximum atomic E-state index is 13.4. The minimum Gasteiger partial charge on any atom is -0.497 e. The fraction of sp³-hybridized carbons (Fsp3) is 0.273. The Morgan fingerprint density at radius 1 is 0.610 bits per heavy atom. The van der Waals surface area contributed by atoms with E-state index >= 15 is 0 Å². The van der Waals surface area contributed by atoms with Crippen LogP contribution in [0.15, 0.2) is 150 Å². The van der Waals surface area contributed by atoms with Gasteiger partial charge in [0.05, 0.1) is 38.3 Å². The number of ether oxygens (including phenoxy) is 1. The van der Waals surface area contributed by atoms with E-state index in [4.69, 9.17) is 14.7 Å². The number of amides is 4. The topological polar surface area (TPSA) is 212 Å².